The molecule has 1 saturated heterocycles. The zero-order valence-corrected chi connectivity index (χ0v) is 36.9. The summed E-state index contributed by atoms with van der Waals surface area (Å²) in [5.41, 5.74) is 6.74. The fraction of sp³-hybridized carbons (Fsp3) is 0.286. The SMILES string of the molecule is Cc1c2ccc(c1Cl)O[C@H](CN1CCN(C)CC1)CCc1ccc(OCc3ccnc(-c4ccc(CO)cc4)n3)c(c1)C[C@H](C(=O)O)Oc1ncnc3sc(-c4ccc(F)cc4)c-2c13. The lowest BCUT2D eigenvalue weighted by Crippen LogP contribution is -2.48. The second-order valence-corrected chi connectivity index (χ2v) is 17.6. The zero-order valence-electron chi connectivity index (χ0n) is 35.3. The highest BCUT2D eigenvalue weighted by atomic mass is 35.5. The minimum absolute atomic E-state index is 0.0547. The Morgan fingerprint density at radius 3 is 2.50 bits per heavy atom. The lowest BCUT2D eigenvalue weighted by molar-refractivity contribution is -0.145. The summed E-state index contributed by atoms with van der Waals surface area (Å²) in [4.78, 5) is 37.7. The van der Waals surface area contributed by atoms with E-state index in [9.17, 15) is 19.4 Å². The van der Waals surface area contributed by atoms with Crippen LogP contribution in [-0.4, -0.2) is 97.9 Å². The van der Waals surface area contributed by atoms with Gasteiger partial charge in [0, 0.05) is 61.3 Å². The van der Waals surface area contributed by atoms with Gasteiger partial charge in [-0.3, -0.25) is 4.90 Å². The number of hydrogen-bond acceptors (Lipinski definition) is 12. The summed E-state index contributed by atoms with van der Waals surface area (Å²) in [5, 5.41) is 21.3. The van der Waals surface area contributed by atoms with Crippen LogP contribution < -0.4 is 14.2 Å². The molecule has 7 aromatic rings. The van der Waals surface area contributed by atoms with E-state index in [0.717, 1.165) is 64.4 Å². The highest BCUT2D eigenvalue weighted by Gasteiger charge is 2.30. The predicted molar refractivity (Wildman–Crippen MR) is 245 cm³/mol. The third kappa shape index (κ3) is 9.42. The van der Waals surface area contributed by atoms with E-state index >= 15 is 0 Å². The van der Waals surface area contributed by atoms with Gasteiger partial charge in [0.15, 0.2) is 5.82 Å². The zero-order chi connectivity index (χ0) is 44.3. The van der Waals surface area contributed by atoms with Crippen LogP contribution in [0.3, 0.4) is 0 Å². The number of carbonyl (C=O) groups is 1. The first-order valence-corrected chi connectivity index (χ1v) is 22.4. The number of likely N-dealkylation sites (N-methyl/N-ethyl adjacent to an activating group) is 1. The number of carboxylic acids is 1. The van der Waals surface area contributed by atoms with E-state index in [0.29, 0.717) is 68.8 Å². The summed E-state index contributed by atoms with van der Waals surface area (Å²) in [6.45, 7) is 6.42. The number of fused-ring (bicyclic) bond motifs is 7. The van der Waals surface area contributed by atoms with Crippen molar-refractivity contribution in [3.63, 3.8) is 0 Å². The molecule has 12 nitrogen and oxygen atoms in total. The summed E-state index contributed by atoms with van der Waals surface area (Å²) >= 11 is 8.64. The predicted octanol–water partition coefficient (Wildman–Crippen LogP) is 8.67. The number of aliphatic hydroxyl groups is 1. The fourth-order valence-corrected chi connectivity index (χ4v) is 9.58. The number of aromatic nitrogens is 4. The van der Waals surface area contributed by atoms with E-state index in [1.807, 2.05) is 61.5 Å². The molecule has 328 valence electrons. The first-order valence-electron chi connectivity index (χ1n) is 21.2. The number of rotatable bonds is 9. The van der Waals surface area contributed by atoms with Crippen LogP contribution in [0.15, 0.2) is 97.5 Å². The van der Waals surface area contributed by atoms with Gasteiger partial charge in [-0.05, 0) is 90.5 Å². The van der Waals surface area contributed by atoms with Crippen LogP contribution >= 0.6 is 22.9 Å². The third-order valence-corrected chi connectivity index (χ3v) is 13.4. The largest absolute Gasteiger partial charge is 0.488 e. The van der Waals surface area contributed by atoms with Crippen LogP contribution in [0.25, 0.3) is 43.2 Å². The molecule has 0 spiro atoms. The molecule has 10 rings (SSSR count). The molecule has 2 N–H and O–H groups in total. The van der Waals surface area contributed by atoms with Crippen LogP contribution in [0.4, 0.5) is 4.39 Å². The summed E-state index contributed by atoms with van der Waals surface area (Å²) in [6, 6.07) is 25.1. The molecule has 4 bridgehead atoms. The maximum Gasteiger partial charge on any atom is 0.345 e. The molecule has 15 heteroatoms. The monoisotopic (exact) mass is 900 g/mol. The van der Waals surface area contributed by atoms with Crippen molar-refractivity contribution in [1.82, 2.24) is 29.7 Å². The topological polar surface area (TPSA) is 143 Å². The van der Waals surface area contributed by atoms with Gasteiger partial charge in [-0.2, -0.15) is 0 Å². The number of aliphatic hydroxyl groups excluding tert-OH is 1. The summed E-state index contributed by atoms with van der Waals surface area (Å²) in [5.74, 6) is 0.0836. The average Bonchev–Trinajstić information content (AvgIpc) is 3.70. The molecule has 0 aliphatic carbocycles. The third-order valence-electron chi connectivity index (χ3n) is 11.8. The molecule has 2 atom stereocenters. The summed E-state index contributed by atoms with van der Waals surface area (Å²) in [7, 11) is 2.13. The first-order chi connectivity index (χ1) is 31.1. The Morgan fingerprint density at radius 1 is 0.953 bits per heavy atom. The van der Waals surface area contributed by atoms with Gasteiger partial charge in [0.2, 0.25) is 12.0 Å². The molecular formula is C49H46ClFN6O6S. The molecule has 3 aliphatic heterocycles. The molecule has 0 radical (unpaired) electrons. The Kier molecular flexibility index (Phi) is 12.8. The van der Waals surface area contributed by atoms with Crippen molar-refractivity contribution >= 4 is 39.1 Å². The normalized spacial score (nSPS) is 17.1. The van der Waals surface area contributed by atoms with Crippen molar-refractivity contribution in [3.05, 3.63) is 136 Å². The Morgan fingerprint density at radius 2 is 1.73 bits per heavy atom. The Labute approximate surface area is 378 Å². The van der Waals surface area contributed by atoms with Gasteiger partial charge in [0.05, 0.1) is 22.7 Å². The maximum absolute atomic E-state index is 14.3. The second kappa shape index (κ2) is 19.0. The lowest BCUT2D eigenvalue weighted by Gasteiger charge is -2.35. The molecule has 0 amide bonds. The number of piperazine rings is 1. The van der Waals surface area contributed by atoms with E-state index in [4.69, 9.17) is 30.8 Å². The maximum atomic E-state index is 14.3. The van der Waals surface area contributed by atoms with E-state index in [2.05, 4.69) is 31.8 Å². The number of aliphatic carboxylic acids is 1. The van der Waals surface area contributed by atoms with Gasteiger partial charge < -0.3 is 29.3 Å². The number of aryl methyl sites for hydroxylation is 1. The van der Waals surface area contributed by atoms with Crippen molar-refractivity contribution in [2.24, 2.45) is 0 Å². The molecule has 0 saturated carbocycles. The highest BCUT2D eigenvalue weighted by Crippen LogP contribution is 2.49. The summed E-state index contributed by atoms with van der Waals surface area (Å²) in [6.07, 6.45) is 2.65. The smallest absolute Gasteiger partial charge is 0.345 e. The van der Waals surface area contributed by atoms with Gasteiger partial charge in [0.1, 0.15) is 41.2 Å². The van der Waals surface area contributed by atoms with Gasteiger partial charge in [0.25, 0.3) is 0 Å². The lowest BCUT2D eigenvalue weighted by atomic mass is 9.96. The quantitative estimate of drug-likeness (QED) is 0.143. The number of carboxylic acid groups (broad SMARTS) is 1. The van der Waals surface area contributed by atoms with Crippen molar-refractivity contribution < 1.29 is 33.6 Å². The minimum atomic E-state index is -1.39. The van der Waals surface area contributed by atoms with Gasteiger partial charge >= 0.3 is 5.97 Å². The number of halogens is 2. The molecule has 0 unspecified atom stereocenters. The van der Waals surface area contributed by atoms with Crippen LogP contribution in [0.5, 0.6) is 17.4 Å². The number of thiophene rings is 1. The molecule has 6 heterocycles. The number of hydrogen-bond donors (Lipinski definition) is 2. The highest BCUT2D eigenvalue weighted by molar-refractivity contribution is 7.22. The van der Waals surface area contributed by atoms with Crippen molar-refractivity contribution in [3.8, 4) is 50.3 Å². The fourth-order valence-electron chi connectivity index (χ4n) is 8.22. The molecule has 1 fully saturated rings. The van der Waals surface area contributed by atoms with Crippen molar-refractivity contribution in [2.45, 2.75) is 51.6 Å². The van der Waals surface area contributed by atoms with E-state index < -0.39 is 12.1 Å². The molecule has 3 aromatic heterocycles. The second-order valence-electron chi connectivity index (χ2n) is 16.2. The van der Waals surface area contributed by atoms with Gasteiger partial charge in [-0.25, -0.2) is 29.1 Å². The molecule has 64 heavy (non-hydrogen) atoms. The molecular weight excluding hydrogens is 855 g/mol. The van der Waals surface area contributed by atoms with E-state index in [-0.39, 0.29) is 37.4 Å². The van der Waals surface area contributed by atoms with E-state index in [1.54, 1.807) is 24.4 Å². The van der Waals surface area contributed by atoms with E-state index in [1.165, 1.54) is 29.8 Å². The molecule has 3 aliphatic rings. The van der Waals surface area contributed by atoms with Crippen LogP contribution in [-0.2, 0) is 30.8 Å². The van der Waals surface area contributed by atoms with Crippen LogP contribution in [0, 0.1) is 12.7 Å². The summed E-state index contributed by atoms with van der Waals surface area (Å²) < 4.78 is 34.1. The standard InChI is InChI=1S/C49H46ClFN6O6S/c1-29-38-14-16-40(44(29)50)62-37(25-57-21-19-56(2)20-22-57)13-5-30-6-15-39(61-27-36-17-18-52-46(55-36)33-7-3-31(26-58)4-8-33)34(23-30)24-41(49(59)60)63-47-43-42(38)45(64-48(43)54-28-53-47)32-9-11-35(51)12-10-32/h3-4,6-12,14-18,23,28,37,41,58H,5,13,19-22,24-27H2,1-2H3,(H,59,60)/t37-,41+/m0/s1. The van der Waals surface area contributed by atoms with Crippen molar-refractivity contribution in [1.29, 1.82) is 0 Å². The van der Waals surface area contributed by atoms with Crippen LogP contribution in [0.2, 0.25) is 5.02 Å². The average molecular weight is 901 g/mol. The Balaban J connectivity index is 1.13. The number of nitrogens with zero attached hydrogens (tertiary/aromatic N) is 6. The van der Waals surface area contributed by atoms with Gasteiger partial charge in [-0.15, -0.1) is 11.3 Å². The Hall–Kier alpha value is -6.03. The number of ether oxygens (including phenoxy) is 3. The van der Waals surface area contributed by atoms with Gasteiger partial charge in [-0.1, -0.05) is 66.2 Å². The van der Waals surface area contributed by atoms with Crippen LogP contribution in [0.1, 0.15) is 34.4 Å². The Bertz CT molecular complexity index is 2800. The minimum Gasteiger partial charge on any atom is -0.488 e. The molecule has 4 aromatic carbocycles. The van der Waals surface area contributed by atoms with Crippen molar-refractivity contribution in [2.75, 3.05) is 39.8 Å². The first kappa shape index (κ1) is 43.2. The number of benzene rings is 4.